The zero-order valence-electron chi connectivity index (χ0n) is 5.56. The van der Waals surface area contributed by atoms with Crippen molar-refractivity contribution >= 4 is 11.7 Å². The predicted molar refractivity (Wildman–Crippen MR) is 35.2 cm³/mol. The van der Waals surface area contributed by atoms with Crippen molar-refractivity contribution in [2.75, 3.05) is 0 Å². The van der Waals surface area contributed by atoms with Crippen LogP contribution in [-0.4, -0.2) is 17.8 Å². The van der Waals surface area contributed by atoms with E-state index in [9.17, 15) is 4.79 Å². The van der Waals surface area contributed by atoms with Gasteiger partial charge in [-0.3, -0.25) is 10.2 Å². The Hall–Kier alpha value is -1.06. The number of hydrogen-bond donors (Lipinski definition) is 3. The van der Waals surface area contributed by atoms with Gasteiger partial charge in [0.2, 0.25) is 5.91 Å². The van der Waals surface area contributed by atoms with E-state index in [2.05, 4.69) is 5.32 Å². The van der Waals surface area contributed by atoms with Crippen LogP contribution in [0.3, 0.4) is 0 Å². The lowest BCUT2D eigenvalue weighted by Gasteiger charge is -2.08. The Kier molecular flexibility index (Phi) is 2.70. The standard InChI is InChI=1S/C5H11N3O/c1-3(5(6)7)8-4(2)9/h3H,1-2H3,(H3,6,7)(H,8,9). The van der Waals surface area contributed by atoms with Crippen molar-refractivity contribution in [2.24, 2.45) is 5.73 Å². The van der Waals surface area contributed by atoms with Crippen LogP contribution in [-0.2, 0) is 4.79 Å². The summed E-state index contributed by atoms with van der Waals surface area (Å²) in [5.74, 6) is -0.192. The van der Waals surface area contributed by atoms with Gasteiger partial charge < -0.3 is 11.1 Å². The number of carbonyl (C=O) groups excluding carboxylic acids is 1. The molecule has 0 saturated carbocycles. The maximum Gasteiger partial charge on any atom is 0.217 e. The molecule has 0 bridgehead atoms. The van der Waals surface area contributed by atoms with Crippen LogP contribution < -0.4 is 11.1 Å². The van der Waals surface area contributed by atoms with Crippen LogP contribution in [0, 0.1) is 5.41 Å². The minimum Gasteiger partial charge on any atom is -0.386 e. The quantitative estimate of drug-likeness (QED) is 0.345. The lowest BCUT2D eigenvalue weighted by atomic mass is 10.3. The highest BCUT2D eigenvalue weighted by Crippen LogP contribution is 1.76. The monoisotopic (exact) mass is 129 g/mol. The Morgan fingerprint density at radius 2 is 2.22 bits per heavy atom. The van der Waals surface area contributed by atoms with E-state index >= 15 is 0 Å². The van der Waals surface area contributed by atoms with Gasteiger partial charge in [-0.15, -0.1) is 0 Å². The van der Waals surface area contributed by atoms with Crippen LogP contribution in [0.4, 0.5) is 0 Å². The molecule has 4 heteroatoms. The fourth-order valence-corrected chi connectivity index (χ4v) is 0.383. The molecule has 0 fully saturated rings. The van der Waals surface area contributed by atoms with Gasteiger partial charge in [-0.05, 0) is 6.92 Å². The second-order valence-corrected chi connectivity index (χ2v) is 1.88. The molecule has 1 amide bonds. The van der Waals surface area contributed by atoms with Gasteiger partial charge in [0, 0.05) is 6.92 Å². The van der Waals surface area contributed by atoms with Crippen LogP contribution in [0.2, 0.25) is 0 Å². The normalized spacial score (nSPS) is 12.2. The average molecular weight is 129 g/mol. The molecule has 0 aliphatic heterocycles. The first-order valence-corrected chi connectivity index (χ1v) is 2.65. The molecule has 0 aromatic rings. The molecule has 0 aliphatic rings. The Bertz CT molecular complexity index is 132. The van der Waals surface area contributed by atoms with E-state index in [0.29, 0.717) is 0 Å². The van der Waals surface area contributed by atoms with Gasteiger partial charge in [-0.1, -0.05) is 0 Å². The van der Waals surface area contributed by atoms with E-state index in [0.717, 1.165) is 0 Å². The molecule has 0 aromatic carbocycles. The largest absolute Gasteiger partial charge is 0.386 e. The van der Waals surface area contributed by atoms with Gasteiger partial charge in [-0.25, -0.2) is 0 Å². The Morgan fingerprint density at radius 1 is 1.78 bits per heavy atom. The van der Waals surface area contributed by atoms with Crippen molar-refractivity contribution in [1.29, 1.82) is 5.41 Å². The minimum atomic E-state index is -0.345. The molecule has 1 unspecified atom stereocenters. The molecule has 0 aromatic heterocycles. The van der Waals surface area contributed by atoms with E-state index in [1.54, 1.807) is 6.92 Å². The van der Waals surface area contributed by atoms with Gasteiger partial charge in [0.05, 0.1) is 6.04 Å². The molecular formula is C5H11N3O. The average Bonchev–Trinajstić information content (AvgIpc) is 1.63. The zero-order chi connectivity index (χ0) is 7.44. The third-order valence-corrected chi connectivity index (χ3v) is 0.886. The van der Waals surface area contributed by atoms with Gasteiger partial charge in [0.25, 0.3) is 0 Å². The first-order chi connectivity index (χ1) is 4.04. The molecule has 0 heterocycles. The van der Waals surface area contributed by atoms with Crippen LogP contribution in [0.5, 0.6) is 0 Å². The van der Waals surface area contributed by atoms with Gasteiger partial charge >= 0.3 is 0 Å². The summed E-state index contributed by atoms with van der Waals surface area (Å²) in [5.41, 5.74) is 5.05. The highest BCUT2D eigenvalue weighted by molar-refractivity contribution is 5.86. The molecule has 52 valence electrons. The second-order valence-electron chi connectivity index (χ2n) is 1.88. The molecule has 4 N–H and O–H groups in total. The first kappa shape index (κ1) is 7.94. The fourth-order valence-electron chi connectivity index (χ4n) is 0.383. The SMILES string of the molecule is CC(=O)NC(C)C(=N)N. The molecule has 4 nitrogen and oxygen atoms in total. The third-order valence-electron chi connectivity index (χ3n) is 0.886. The smallest absolute Gasteiger partial charge is 0.217 e. The number of amidine groups is 1. The molecule has 0 saturated heterocycles. The summed E-state index contributed by atoms with van der Waals surface area (Å²) < 4.78 is 0. The maximum atomic E-state index is 10.3. The van der Waals surface area contributed by atoms with E-state index in [4.69, 9.17) is 11.1 Å². The van der Waals surface area contributed by atoms with Crippen molar-refractivity contribution < 1.29 is 4.79 Å². The summed E-state index contributed by atoms with van der Waals surface area (Å²) in [6.45, 7) is 3.04. The second kappa shape index (κ2) is 3.06. The molecule has 0 aliphatic carbocycles. The zero-order valence-corrected chi connectivity index (χ0v) is 5.56. The molecular weight excluding hydrogens is 118 g/mol. The predicted octanol–water partition coefficient (Wildman–Crippen LogP) is -0.553. The van der Waals surface area contributed by atoms with Crippen molar-refractivity contribution in [3.63, 3.8) is 0 Å². The summed E-state index contributed by atoms with van der Waals surface area (Å²) >= 11 is 0. The number of nitrogens with one attached hydrogen (secondary N) is 2. The summed E-state index contributed by atoms with van der Waals surface area (Å²) in [6, 6.07) is -0.345. The number of nitrogens with two attached hydrogens (primary N) is 1. The van der Waals surface area contributed by atoms with E-state index in [-0.39, 0.29) is 17.8 Å². The molecule has 0 rings (SSSR count). The Morgan fingerprint density at radius 3 is 2.33 bits per heavy atom. The van der Waals surface area contributed by atoms with Crippen LogP contribution in [0.25, 0.3) is 0 Å². The number of rotatable bonds is 2. The third kappa shape index (κ3) is 3.52. The van der Waals surface area contributed by atoms with E-state index < -0.39 is 0 Å². The van der Waals surface area contributed by atoms with Gasteiger partial charge in [0.1, 0.15) is 5.84 Å². The van der Waals surface area contributed by atoms with Crippen molar-refractivity contribution in [2.45, 2.75) is 19.9 Å². The summed E-state index contributed by atoms with van der Waals surface area (Å²) in [7, 11) is 0. The topological polar surface area (TPSA) is 79.0 Å². The van der Waals surface area contributed by atoms with Crippen LogP contribution in [0.1, 0.15) is 13.8 Å². The molecule has 1 atom stereocenters. The van der Waals surface area contributed by atoms with E-state index in [1.165, 1.54) is 6.92 Å². The molecule has 9 heavy (non-hydrogen) atoms. The fraction of sp³-hybridized carbons (Fsp3) is 0.600. The van der Waals surface area contributed by atoms with Gasteiger partial charge in [0.15, 0.2) is 0 Å². The summed E-state index contributed by atoms with van der Waals surface area (Å²) in [6.07, 6.45) is 0. The van der Waals surface area contributed by atoms with Gasteiger partial charge in [-0.2, -0.15) is 0 Å². The number of hydrogen-bond acceptors (Lipinski definition) is 2. The number of amides is 1. The maximum absolute atomic E-state index is 10.3. The Labute approximate surface area is 53.9 Å². The first-order valence-electron chi connectivity index (χ1n) is 2.65. The van der Waals surface area contributed by atoms with Crippen molar-refractivity contribution in [3.05, 3.63) is 0 Å². The van der Waals surface area contributed by atoms with Crippen LogP contribution >= 0.6 is 0 Å². The van der Waals surface area contributed by atoms with Crippen LogP contribution in [0.15, 0.2) is 0 Å². The highest BCUT2D eigenvalue weighted by atomic mass is 16.1. The summed E-state index contributed by atoms with van der Waals surface area (Å²) in [4.78, 5) is 10.3. The number of carbonyl (C=O) groups is 1. The lowest BCUT2D eigenvalue weighted by molar-refractivity contribution is -0.119. The molecule has 0 spiro atoms. The molecule has 0 radical (unpaired) electrons. The van der Waals surface area contributed by atoms with Crippen molar-refractivity contribution in [1.82, 2.24) is 5.32 Å². The van der Waals surface area contributed by atoms with E-state index in [1.807, 2.05) is 0 Å². The lowest BCUT2D eigenvalue weighted by Crippen LogP contribution is -2.40. The van der Waals surface area contributed by atoms with Crippen molar-refractivity contribution in [3.8, 4) is 0 Å². The summed E-state index contributed by atoms with van der Waals surface area (Å²) in [5, 5.41) is 9.31. The Balaban J connectivity index is 3.63. The highest BCUT2D eigenvalue weighted by Gasteiger charge is 2.03. The minimum absolute atomic E-state index is 0.0230.